The summed E-state index contributed by atoms with van der Waals surface area (Å²) in [6.45, 7) is 0.846. The van der Waals surface area contributed by atoms with Gasteiger partial charge in [0.05, 0.1) is 0 Å². The van der Waals surface area contributed by atoms with Gasteiger partial charge in [-0.2, -0.15) is 0 Å². The smallest absolute Gasteiger partial charge is 0.223 e. The Morgan fingerprint density at radius 1 is 1.00 bits per heavy atom. The number of nitrogens with one attached hydrogen (secondary N) is 1. The summed E-state index contributed by atoms with van der Waals surface area (Å²) in [7, 11) is 0. The van der Waals surface area contributed by atoms with Crippen molar-refractivity contribution in [2.75, 3.05) is 6.54 Å². The third-order valence-electron chi connectivity index (χ3n) is 4.51. The Morgan fingerprint density at radius 2 is 1.72 bits per heavy atom. The number of alkyl halides is 1. The van der Waals surface area contributed by atoms with Gasteiger partial charge in [-0.25, -0.2) is 0 Å². The highest BCUT2D eigenvalue weighted by Crippen LogP contribution is 2.28. The summed E-state index contributed by atoms with van der Waals surface area (Å²) < 4.78 is 0. The molecule has 0 heterocycles. The molecular weight excluding hydrogens is 246 g/mol. The first-order chi connectivity index (χ1) is 8.75. The van der Waals surface area contributed by atoms with Gasteiger partial charge in [0.1, 0.15) is 0 Å². The number of hydrogen-bond donors (Lipinski definition) is 1. The summed E-state index contributed by atoms with van der Waals surface area (Å²) in [4.78, 5) is 12.1. The van der Waals surface area contributed by atoms with Gasteiger partial charge in [0, 0.05) is 17.8 Å². The lowest BCUT2D eigenvalue weighted by Crippen LogP contribution is -2.35. The monoisotopic (exact) mass is 271 g/mol. The van der Waals surface area contributed by atoms with E-state index in [1.54, 1.807) is 0 Å². The van der Waals surface area contributed by atoms with E-state index in [9.17, 15) is 4.79 Å². The minimum atomic E-state index is 0.280. The maximum Gasteiger partial charge on any atom is 0.223 e. The van der Waals surface area contributed by atoms with Crippen LogP contribution in [0.3, 0.4) is 0 Å². The van der Waals surface area contributed by atoms with E-state index in [2.05, 4.69) is 5.32 Å². The van der Waals surface area contributed by atoms with Crippen molar-refractivity contribution < 1.29 is 4.79 Å². The quantitative estimate of drug-likeness (QED) is 0.613. The molecule has 18 heavy (non-hydrogen) atoms. The molecular formula is C15H26ClNO. The highest BCUT2D eigenvalue weighted by atomic mass is 35.5. The molecule has 2 nitrogen and oxygen atoms in total. The lowest BCUT2D eigenvalue weighted by atomic mass is 9.88. The van der Waals surface area contributed by atoms with E-state index < -0.39 is 0 Å². The lowest BCUT2D eigenvalue weighted by molar-refractivity contribution is -0.125. The molecule has 104 valence electrons. The Labute approximate surface area is 116 Å². The van der Waals surface area contributed by atoms with Gasteiger partial charge in [-0.05, 0) is 38.0 Å². The molecule has 2 aliphatic carbocycles. The van der Waals surface area contributed by atoms with Crippen LogP contribution in [0.4, 0.5) is 0 Å². The van der Waals surface area contributed by atoms with Crippen LogP contribution in [0.2, 0.25) is 0 Å². The molecule has 0 aromatic carbocycles. The fraction of sp³-hybridized carbons (Fsp3) is 0.933. The van der Waals surface area contributed by atoms with Crippen molar-refractivity contribution in [2.45, 2.75) is 69.6 Å². The van der Waals surface area contributed by atoms with E-state index in [0.29, 0.717) is 17.2 Å². The van der Waals surface area contributed by atoms with Crippen LogP contribution in [0.1, 0.15) is 64.2 Å². The van der Waals surface area contributed by atoms with Crippen molar-refractivity contribution in [3.63, 3.8) is 0 Å². The molecule has 0 bridgehead atoms. The van der Waals surface area contributed by atoms with Crippen LogP contribution < -0.4 is 5.32 Å². The molecule has 2 fully saturated rings. The Bertz CT molecular complexity index is 261. The van der Waals surface area contributed by atoms with Crippen molar-refractivity contribution in [3.8, 4) is 0 Å². The highest BCUT2D eigenvalue weighted by Gasteiger charge is 2.23. The van der Waals surface area contributed by atoms with Crippen LogP contribution in [-0.4, -0.2) is 17.8 Å². The van der Waals surface area contributed by atoms with Gasteiger partial charge in [-0.15, -0.1) is 11.6 Å². The molecule has 0 aliphatic heterocycles. The summed E-state index contributed by atoms with van der Waals surface area (Å²) in [5.41, 5.74) is 0. The first-order valence-corrected chi connectivity index (χ1v) is 8.11. The molecule has 2 rings (SSSR count). The largest absolute Gasteiger partial charge is 0.356 e. The molecule has 0 saturated heterocycles. The molecule has 0 radical (unpaired) electrons. The second-order valence-electron chi connectivity index (χ2n) is 6.06. The Hall–Kier alpha value is -0.240. The summed E-state index contributed by atoms with van der Waals surface area (Å²) in [5.74, 6) is 1.19. The van der Waals surface area contributed by atoms with Gasteiger partial charge in [0.25, 0.3) is 0 Å². The molecule has 1 amide bonds. The van der Waals surface area contributed by atoms with Crippen molar-refractivity contribution in [1.29, 1.82) is 0 Å². The number of hydrogen-bond acceptors (Lipinski definition) is 1. The van der Waals surface area contributed by atoms with E-state index in [1.807, 2.05) is 0 Å². The van der Waals surface area contributed by atoms with Crippen LogP contribution in [0.25, 0.3) is 0 Å². The van der Waals surface area contributed by atoms with Crippen molar-refractivity contribution in [2.24, 2.45) is 11.8 Å². The lowest BCUT2D eigenvalue weighted by Gasteiger charge is -2.26. The average Bonchev–Trinajstić information content (AvgIpc) is 2.65. The summed E-state index contributed by atoms with van der Waals surface area (Å²) >= 11 is 6.18. The van der Waals surface area contributed by atoms with E-state index in [4.69, 9.17) is 11.6 Å². The normalized spacial score (nSPS) is 30.7. The third kappa shape index (κ3) is 4.46. The van der Waals surface area contributed by atoms with Gasteiger partial charge in [0.15, 0.2) is 0 Å². The molecule has 0 aromatic heterocycles. The minimum absolute atomic E-state index is 0.280. The van der Waals surface area contributed by atoms with Gasteiger partial charge >= 0.3 is 0 Å². The second-order valence-corrected chi connectivity index (χ2v) is 6.68. The minimum Gasteiger partial charge on any atom is -0.356 e. The number of rotatable bonds is 3. The topological polar surface area (TPSA) is 29.1 Å². The Morgan fingerprint density at radius 3 is 2.39 bits per heavy atom. The summed E-state index contributed by atoms with van der Waals surface area (Å²) in [6.07, 6.45) is 11.9. The zero-order valence-electron chi connectivity index (χ0n) is 11.3. The van der Waals surface area contributed by atoms with Crippen molar-refractivity contribution >= 4 is 17.5 Å². The second kappa shape index (κ2) is 7.37. The standard InChI is InChI=1S/C15H26ClNO/c16-14-9-5-6-12(10-14)11-17-15(18)13-7-3-1-2-4-8-13/h12-14H,1-11H2,(H,17,18). The van der Waals surface area contributed by atoms with E-state index in [1.165, 1.54) is 38.5 Å². The first-order valence-electron chi connectivity index (χ1n) is 7.67. The molecule has 2 saturated carbocycles. The van der Waals surface area contributed by atoms with E-state index >= 15 is 0 Å². The fourth-order valence-electron chi connectivity index (χ4n) is 3.34. The van der Waals surface area contributed by atoms with Gasteiger partial charge < -0.3 is 5.32 Å². The van der Waals surface area contributed by atoms with Crippen LogP contribution in [-0.2, 0) is 4.79 Å². The van der Waals surface area contributed by atoms with Gasteiger partial charge in [-0.1, -0.05) is 32.1 Å². The summed E-state index contributed by atoms with van der Waals surface area (Å²) in [5, 5.41) is 3.50. The third-order valence-corrected chi connectivity index (χ3v) is 4.91. The molecule has 2 aliphatic rings. The van der Waals surface area contributed by atoms with E-state index in [0.717, 1.165) is 32.2 Å². The van der Waals surface area contributed by atoms with Crippen molar-refractivity contribution in [3.05, 3.63) is 0 Å². The molecule has 1 N–H and O–H groups in total. The van der Waals surface area contributed by atoms with Crippen LogP contribution in [0, 0.1) is 11.8 Å². The molecule has 2 atom stereocenters. The molecule has 0 spiro atoms. The van der Waals surface area contributed by atoms with Crippen LogP contribution in [0.15, 0.2) is 0 Å². The average molecular weight is 272 g/mol. The zero-order chi connectivity index (χ0) is 12.8. The zero-order valence-corrected chi connectivity index (χ0v) is 12.1. The number of amides is 1. The number of carbonyl (C=O) groups is 1. The number of carbonyl (C=O) groups excluding carboxylic acids is 1. The predicted octanol–water partition coefficient (Wildman–Crippen LogP) is 3.87. The van der Waals surface area contributed by atoms with Crippen molar-refractivity contribution in [1.82, 2.24) is 5.32 Å². The Balaban J connectivity index is 1.70. The van der Waals surface area contributed by atoms with Crippen LogP contribution >= 0.6 is 11.6 Å². The van der Waals surface area contributed by atoms with Gasteiger partial charge in [-0.3, -0.25) is 4.79 Å². The maximum absolute atomic E-state index is 12.1. The van der Waals surface area contributed by atoms with E-state index in [-0.39, 0.29) is 5.92 Å². The highest BCUT2D eigenvalue weighted by molar-refractivity contribution is 6.20. The van der Waals surface area contributed by atoms with Crippen LogP contribution in [0.5, 0.6) is 0 Å². The predicted molar refractivity (Wildman–Crippen MR) is 75.8 cm³/mol. The molecule has 3 heteroatoms. The molecule has 2 unspecified atom stereocenters. The Kier molecular flexibility index (Phi) is 5.81. The number of halogens is 1. The maximum atomic E-state index is 12.1. The van der Waals surface area contributed by atoms with Gasteiger partial charge in [0.2, 0.25) is 5.91 Å². The fourth-order valence-corrected chi connectivity index (χ4v) is 3.75. The first kappa shape index (κ1) is 14.2. The molecule has 0 aromatic rings. The SMILES string of the molecule is O=C(NCC1CCCC(Cl)C1)C1CCCCCC1. The summed E-state index contributed by atoms with van der Waals surface area (Å²) in [6, 6.07) is 0.